The number of nitrogens with two attached hydrogens (primary N) is 1. The molecule has 2 aromatic rings. The molecule has 2 aromatic heterocycles. The Morgan fingerprint density at radius 3 is 2.95 bits per heavy atom. The van der Waals surface area contributed by atoms with Gasteiger partial charge in [-0.15, -0.1) is 0 Å². The number of nitrogens with one attached hydrogen (secondary N) is 2. The highest BCUT2D eigenvalue weighted by Crippen LogP contribution is 2.11. The number of anilines is 1. The minimum Gasteiger partial charge on any atom is -0.345 e. The predicted molar refractivity (Wildman–Crippen MR) is 71.5 cm³/mol. The molecule has 2 heterocycles. The standard InChI is InChI=1S/C12H16N6O2/c1-2-3-9-4-8(5-10(16-9)17-13)12(19)14-6-11-15-7-20-18-11/h4-5,7H,2-3,6,13H2,1H3,(H,14,19)(H,16,17). The maximum atomic E-state index is 12.1. The van der Waals surface area contributed by atoms with Crippen molar-refractivity contribution in [3.8, 4) is 0 Å². The third-order valence-electron chi connectivity index (χ3n) is 2.61. The average Bonchev–Trinajstić information content (AvgIpc) is 2.98. The Morgan fingerprint density at radius 2 is 2.30 bits per heavy atom. The highest BCUT2D eigenvalue weighted by atomic mass is 16.5. The van der Waals surface area contributed by atoms with Crippen molar-refractivity contribution < 1.29 is 9.32 Å². The molecular weight excluding hydrogens is 260 g/mol. The minimum atomic E-state index is -0.244. The van der Waals surface area contributed by atoms with E-state index in [1.54, 1.807) is 12.1 Å². The zero-order valence-corrected chi connectivity index (χ0v) is 11.1. The number of nitrogens with zero attached hydrogens (tertiary/aromatic N) is 3. The Kier molecular flexibility index (Phi) is 4.61. The van der Waals surface area contributed by atoms with E-state index in [-0.39, 0.29) is 12.5 Å². The summed E-state index contributed by atoms with van der Waals surface area (Å²) in [5.41, 5.74) is 3.76. The molecule has 0 radical (unpaired) electrons. The Hall–Kier alpha value is -2.48. The van der Waals surface area contributed by atoms with Crippen molar-refractivity contribution in [3.05, 3.63) is 35.6 Å². The molecule has 0 aliphatic carbocycles. The maximum absolute atomic E-state index is 12.1. The van der Waals surface area contributed by atoms with Gasteiger partial charge in [-0.25, -0.2) is 10.8 Å². The van der Waals surface area contributed by atoms with Crippen LogP contribution >= 0.6 is 0 Å². The summed E-state index contributed by atoms with van der Waals surface area (Å²) in [5.74, 6) is 5.99. The van der Waals surface area contributed by atoms with Crippen LogP contribution in [0.5, 0.6) is 0 Å². The molecule has 0 bridgehead atoms. The van der Waals surface area contributed by atoms with Gasteiger partial charge in [0.05, 0.1) is 6.54 Å². The lowest BCUT2D eigenvalue weighted by molar-refractivity contribution is 0.0949. The van der Waals surface area contributed by atoms with E-state index in [2.05, 4.69) is 30.4 Å². The second-order valence-corrected chi connectivity index (χ2v) is 4.16. The number of amides is 1. The summed E-state index contributed by atoms with van der Waals surface area (Å²) in [6.45, 7) is 2.24. The van der Waals surface area contributed by atoms with E-state index < -0.39 is 0 Å². The largest absolute Gasteiger partial charge is 0.345 e. The first kappa shape index (κ1) is 13.9. The van der Waals surface area contributed by atoms with Gasteiger partial charge in [-0.1, -0.05) is 18.5 Å². The third kappa shape index (κ3) is 3.51. The van der Waals surface area contributed by atoms with Gasteiger partial charge in [-0.3, -0.25) is 4.79 Å². The molecule has 1 amide bonds. The number of aromatic nitrogens is 3. The monoisotopic (exact) mass is 276 g/mol. The summed E-state index contributed by atoms with van der Waals surface area (Å²) in [6.07, 6.45) is 2.93. The first-order valence-electron chi connectivity index (χ1n) is 6.24. The van der Waals surface area contributed by atoms with Crippen molar-refractivity contribution >= 4 is 11.7 Å². The molecule has 0 atom stereocenters. The Balaban J connectivity index is 2.09. The van der Waals surface area contributed by atoms with E-state index in [4.69, 9.17) is 5.84 Å². The molecule has 8 heteroatoms. The Labute approximate surface area is 115 Å². The molecule has 0 aliphatic heterocycles. The van der Waals surface area contributed by atoms with Crippen molar-refractivity contribution in [1.29, 1.82) is 0 Å². The van der Waals surface area contributed by atoms with E-state index in [1.807, 2.05) is 6.92 Å². The number of carbonyl (C=O) groups excluding carboxylic acids is 1. The number of pyridine rings is 1. The lowest BCUT2D eigenvalue weighted by atomic mass is 10.1. The van der Waals surface area contributed by atoms with Gasteiger partial charge in [0, 0.05) is 11.3 Å². The van der Waals surface area contributed by atoms with Crippen molar-refractivity contribution in [2.45, 2.75) is 26.3 Å². The maximum Gasteiger partial charge on any atom is 0.251 e. The van der Waals surface area contributed by atoms with Crippen LogP contribution in [0.4, 0.5) is 5.82 Å². The summed E-state index contributed by atoms with van der Waals surface area (Å²) in [5, 5.41) is 6.32. The second kappa shape index (κ2) is 6.62. The van der Waals surface area contributed by atoms with Gasteiger partial charge in [0.25, 0.3) is 5.91 Å². The van der Waals surface area contributed by atoms with Gasteiger partial charge >= 0.3 is 0 Å². The van der Waals surface area contributed by atoms with Crippen LogP contribution in [0, 0.1) is 0 Å². The molecule has 4 N–H and O–H groups in total. The van der Waals surface area contributed by atoms with Crippen LogP contribution in [0.15, 0.2) is 23.0 Å². The summed E-state index contributed by atoms with van der Waals surface area (Å²) >= 11 is 0. The zero-order valence-electron chi connectivity index (χ0n) is 11.1. The highest BCUT2D eigenvalue weighted by molar-refractivity contribution is 5.94. The molecule has 0 aliphatic rings. The lowest BCUT2D eigenvalue weighted by Gasteiger charge is -2.08. The average molecular weight is 276 g/mol. The molecule has 0 saturated heterocycles. The molecular formula is C12H16N6O2. The number of rotatable bonds is 6. The van der Waals surface area contributed by atoms with Gasteiger partial charge in [0.1, 0.15) is 5.82 Å². The van der Waals surface area contributed by atoms with Crippen LogP contribution in [0.1, 0.15) is 35.2 Å². The fourth-order valence-electron chi connectivity index (χ4n) is 1.71. The molecule has 8 nitrogen and oxygen atoms in total. The summed E-state index contributed by atoms with van der Waals surface area (Å²) in [6, 6.07) is 3.33. The zero-order chi connectivity index (χ0) is 14.4. The molecule has 0 aromatic carbocycles. The quantitative estimate of drug-likeness (QED) is 0.523. The molecule has 0 fully saturated rings. The number of hydrogen-bond donors (Lipinski definition) is 3. The molecule has 2 rings (SSSR count). The number of hydrogen-bond acceptors (Lipinski definition) is 7. The van der Waals surface area contributed by atoms with Gasteiger partial charge < -0.3 is 15.3 Å². The van der Waals surface area contributed by atoms with Gasteiger partial charge in [-0.2, -0.15) is 4.98 Å². The van der Waals surface area contributed by atoms with Crippen LogP contribution in [-0.2, 0) is 13.0 Å². The summed E-state index contributed by atoms with van der Waals surface area (Å²) in [7, 11) is 0. The fraction of sp³-hybridized carbons (Fsp3) is 0.333. The topological polar surface area (TPSA) is 119 Å². The van der Waals surface area contributed by atoms with Crippen LogP contribution in [0.3, 0.4) is 0 Å². The van der Waals surface area contributed by atoms with Crippen molar-refractivity contribution in [1.82, 2.24) is 20.4 Å². The molecule has 106 valence electrons. The van der Waals surface area contributed by atoms with Crippen molar-refractivity contribution in [3.63, 3.8) is 0 Å². The van der Waals surface area contributed by atoms with E-state index >= 15 is 0 Å². The normalized spacial score (nSPS) is 10.3. The predicted octanol–water partition coefficient (Wildman–Crippen LogP) is 0.633. The fourth-order valence-corrected chi connectivity index (χ4v) is 1.71. The van der Waals surface area contributed by atoms with Crippen LogP contribution in [-0.4, -0.2) is 21.0 Å². The number of carbonyl (C=O) groups is 1. The summed E-state index contributed by atoms with van der Waals surface area (Å²) < 4.78 is 4.59. The van der Waals surface area contributed by atoms with Crippen molar-refractivity contribution in [2.75, 3.05) is 5.43 Å². The van der Waals surface area contributed by atoms with Gasteiger partial charge in [-0.05, 0) is 18.6 Å². The Bertz CT molecular complexity index is 569. The highest BCUT2D eigenvalue weighted by Gasteiger charge is 2.10. The number of hydrazine groups is 1. The Morgan fingerprint density at radius 1 is 1.45 bits per heavy atom. The second-order valence-electron chi connectivity index (χ2n) is 4.16. The number of aryl methyl sites for hydroxylation is 1. The summed E-state index contributed by atoms with van der Waals surface area (Å²) in [4.78, 5) is 20.2. The third-order valence-corrected chi connectivity index (χ3v) is 2.61. The molecule has 0 spiro atoms. The smallest absolute Gasteiger partial charge is 0.251 e. The van der Waals surface area contributed by atoms with Crippen LogP contribution < -0.4 is 16.6 Å². The molecule has 20 heavy (non-hydrogen) atoms. The first-order chi connectivity index (χ1) is 9.72. The SMILES string of the molecule is CCCc1cc(C(=O)NCc2ncon2)cc(NN)n1. The molecule has 0 saturated carbocycles. The van der Waals surface area contributed by atoms with Crippen molar-refractivity contribution in [2.24, 2.45) is 5.84 Å². The van der Waals surface area contributed by atoms with E-state index in [0.717, 1.165) is 18.5 Å². The van der Waals surface area contributed by atoms with Crippen LogP contribution in [0.2, 0.25) is 0 Å². The van der Waals surface area contributed by atoms with E-state index in [1.165, 1.54) is 6.39 Å². The molecule has 0 unspecified atom stereocenters. The van der Waals surface area contributed by atoms with Gasteiger partial charge in [0.2, 0.25) is 6.39 Å². The van der Waals surface area contributed by atoms with Gasteiger partial charge in [0.15, 0.2) is 5.82 Å². The van der Waals surface area contributed by atoms with E-state index in [9.17, 15) is 4.79 Å². The minimum absolute atomic E-state index is 0.201. The lowest BCUT2D eigenvalue weighted by Crippen LogP contribution is -2.24. The van der Waals surface area contributed by atoms with Crippen LogP contribution in [0.25, 0.3) is 0 Å². The van der Waals surface area contributed by atoms with E-state index in [0.29, 0.717) is 17.2 Å². The first-order valence-corrected chi connectivity index (χ1v) is 6.24. The number of nitrogen functional groups attached to an aromatic ring is 1.